The zero-order valence-electron chi connectivity index (χ0n) is 18.2. The van der Waals surface area contributed by atoms with Crippen LogP contribution in [-0.4, -0.2) is 28.8 Å². The molecule has 2 atom stereocenters. The predicted octanol–water partition coefficient (Wildman–Crippen LogP) is 6.79. The summed E-state index contributed by atoms with van der Waals surface area (Å²) in [6, 6.07) is 0. The number of ketones is 1. The standard InChI is InChI=1S/C23H39NO3S/c1-18(2)14-12-10-8-6-5-7-9-11-13-15-19-21(27-23(3,4)26-19)20(25)22-24-16-17-28-22/h16-19,21H,5-15H2,1-4H3/t19-,21-/m1/s1. The van der Waals surface area contributed by atoms with Gasteiger partial charge in [-0.05, 0) is 26.2 Å². The molecule has 0 aliphatic carbocycles. The fraction of sp³-hybridized carbons (Fsp3) is 0.826. The lowest BCUT2D eigenvalue weighted by Gasteiger charge is -2.16. The Labute approximate surface area is 175 Å². The Morgan fingerprint density at radius 2 is 1.64 bits per heavy atom. The zero-order chi connectivity index (χ0) is 20.4. The molecule has 2 rings (SSSR count). The van der Waals surface area contributed by atoms with Crippen LogP contribution in [0.4, 0.5) is 0 Å². The molecule has 0 saturated carbocycles. The van der Waals surface area contributed by atoms with E-state index < -0.39 is 11.9 Å². The lowest BCUT2D eigenvalue weighted by molar-refractivity contribution is -0.143. The van der Waals surface area contributed by atoms with Crippen molar-refractivity contribution in [2.45, 2.75) is 116 Å². The second-order valence-electron chi connectivity index (χ2n) is 8.95. The Kier molecular flexibility index (Phi) is 10.1. The van der Waals surface area contributed by atoms with Gasteiger partial charge in [-0.1, -0.05) is 78.1 Å². The number of carbonyl (C=O) groups is 1. The number of rotatable bonds is 14. The largest absolute Gasteiger partial charge is 0.344 e. The molecule has 0 aromatic carbocycles. The van der Waals surface area contributed by atoms with Gasteiger partial charge in [-0.2, -0.15) is 0 Å². The average molecular weight is 410 g/mol. The number of unbranched alkanes of at least 4 members (excludes halogenated alkanes) is 8. The van der Waals surface area contributed by atoms with E-state index in [0.717, 1.165) is 18.8 Å². The summed E-state index contributed by atoms with van der Waals surface area (Å²) in [6.45, 7) is 8.38. The van der Waals surface area contributed by atoms with Gasteiger partial charge in [-0.3, -0.25) is 4.79 Å². The molecule has 1 aromatic heterocycles. The quantitative estimate of drug-likeness (QED) is 0.251. The summed E-state index contributed by atoms with van der Waals surface area (Å²) < 4.78 is 11.9. The Bertz CT molecular complexity index is 556. The molecule has 1 aromatic rings. The van der Waals surface area contributed by atoms with Crippen molar-refractivity contribution in [1.29, 1.82) is 0 Å². The molecule has 0 unspecified atom stereocenters. The SMILES string of the molecule is CC(C)CCCCCCCCCCC[C@H]1OC(C)(C)O[C@H]1C(=O)c1nccs1. The molecule has 160 valence electrons. The molecule has 0 spiro atoms. The number of ether oxygens (including phenoxy) is 2. The Morgan fingerprint density at radius 1 is 1.04 bits per heavy atom. The van der Waals surface area contributed by atoms with Crippen LogP contribution in [0.25, 0.3) is 0 Å². The van der Waals surface area contributed by atoms with E-state index >= 15 is 0 Å². The highest BCUT2D eigenvalue weighted by atomic mass is 32.1. The predicted molar refractivity (Wildman–Crippen MR) is 116 cm³/mol. The molecule has 1 saturated heterocycles. The van der Waals surface area contributed by atoms with Gasteiger partial charge >= 0.3 is 0 Å². The van der Waals surface area contributed by atoms with E-state index in [2.05, 4.69) is 18.8 Å². The minimum Gasteiger partial charge on any atom is -0.344 e. The average Bonchev–Trinajstić information content (AvgIpc) is 3.26. The number of Topliss-reactive ketones (excluding diaryl/α,β-unsaturated/α-hetero) is 1. The van der Waals surface area contributed by atoms with Gasteiger partial charge < -0.3 is 9.47 Å². The molecular weight excluding hydrogens is 370 g/mol. The Hall–Kier alpha value is -0.780. The zero-order valence-corrected chi connectivity index (χ0v) is 19.1. The van der Waals surface area contributed by atoms with E-state index in [1.54, 1.807) is 6.20 Å². The van der Waals surface area contributed by atoms with Gasteiger partial charge in [-0.15, -0.1) is 11.3 Å². The summed E-state index contributed by atoms with van der Waals surface area (Å²) in [7, 11) is 0. The van der Waals surface area contributed by atoms with Gasteiger partial charge in [0.15, 0.2) is 16.9 Å². The number of hydrogen-bond acceptors (Lipinski definition) is 5. The van der Waals surface area contributed by atoms with Gasteiger partial charge in [0.2, 0.25) is 5.78 Å². The maximum absolute atomic E-state index is 12.7. The summed E-state index contributed by atoms with van der Waals surface area (Å²) >= 11 is 1.37. The fourth-order valence-corrected chi connectivity index (χ4v) is 4.48. The van der Waals surface area contributed by atoms with Crippen LogP contribution in [0.2, 0.25) is 0 Å². The van der Waals surface area contributed by atoms with E-state index in [1.165, 1.54) is 69.1 Å². The van der Waals surface area contributed by atoms with Crippen LogP contribution < -0.4 is 0 Å². The van der Waals surface area contributed by atoms with Crippen molar-refractivity contribution < 1.29 is 14.3 Å². The maximum atomic E-state index is 12.7. The molecule has 1 aliphatic heterocycles. The topological polar surface area (TPSA) is 48.4 Å². The molecule has 28 heavy (non-hydrogen) atoms. The van der Waals surface area contributed by atoms with Crippen LogP contribution in [0.5, 0.6) is 0 Å². The highest BCUT2D eigenvalue weighted by molar-refractivity contribution is 7.11. The van der Waals surface area contributed by atoms with Crippen molar-refractivity contribution in [3.8, 4) is 0 Å². The van der Waals surface area contributed by atoms with Crippen LogP contribution in [0.1, 0.15) is 108 Å². The molecule has 1 fully saturated rings. The second-order valence-corrected chi connectivity index (χ2v) is 9.84. The Morgan fingerprint density at radius 3 is 2.21 bits per heavy atom. The molecule has 1 aliphatic rings. The first-order valence-electron chi connectivity index (χ1n) is 11.2. The summed E-state index contributed by atoms with van der Waals surface area (Å²) in [5.41, 5.74) is 0. The van der Waals surface area contributed by atoms with Crippen LogP contribution in [0.3, 0.4) is 0 Å². The molecule has 0 bridgehead atoms. The van der Waals surface area contributed by atoms with Crippen molar-refractivity contribution in [3.05, 3.63) is 16.6 Å². The highest BCUT2D eigenvalue weighted by Crippen LogP contribution is 2.33. The number of nitrogens with zero attached hydrogens (tertiary/aromatic N) is 1. The minimum atomic E-state index is -0.697. The third-order valence-corrected chi connectivity index (χ3v) is 6.14. The van der Waals surface area contributed by atoms with Gasteiger partial charge in [0.1, 0.15) is 0 Å². The van der Waals surface area contributed by atoms with Crippen LogP contribution >= 0.6 is 11.3 Å². The minimum absolute atomic E-state index is 0.0389. The van der Waals surface area contributed by atoms with Gasteiger partial charge in [-0.25, -0.2) is 4.98 Å². The van der Waals surface area contributed by atoms with E-state index in [0.29, 0.717) is 5.01 Å². The number of aromatic nitrogens is 1. The monoisotopic (exact) mass is 409 g/mol. The van der Waals surface area contributed by atoms with Gasteiger partial charge in [0.05, 0.1) is 6.10 Å². The molecule has 2 heterocycles. The summed E-state index contributed by atoms with van der Waals surface area (Å²) in [5.74, 6) is 0.108. The van der Waals surface area contributed by atoms with E-state index in [-0.39, 0.29) is 11.9 Å². The number of carbonyl (C=O) groups excluding carboxylic acids is 1. The molecule has 4 nitrogen and oxygen atoms in total. The second kappa shape index (κ2) is 12.0. The van der Waals surface area contributed by atoms with Crippen molar-refractivity contribution in [2.24, 2.45) is 5.92 Å². The lowest BCUT2D eigenvalue weighted by Crippen LogP contribution is -2.31. The van der Waals surface area contributed by atoms with Gasteiger partial charge in [0.25, 0.3) is 0 Å². The molecular formula is C23H39NO3S. The van der Waals surface area contributed by atoms with E-state index in [9.17, 15) is 4.79 Å². The summed E-state index contributed by atoms with van der Waals surface area (Å²) in [4.78, 5) is 16.8. The highest BCUT2D eigenvalue weighted by Gasteiger charge is 2.45. The van der Waals surface area contributed by atoms with E-state index in [1.807, 2.05) is 19.2 Å². The normalized spacial score (nSPS) is 21.5. The third kappa shape index (κ3) is 8.30. The van der Waals surface area contributed by atoms with Gasteiger partial charge in [0, 0.05) is 11.6 Å². The van der Waals surface area contributed by atoms with Crippen LogP contribution in [0, 0.1) is 5.92 Å². The molecule has 0 radical (unpaired) electrons. The maximum Gasteiger partial charge on any atom is 0.222 e. The van der Waals surface area contributed by atoms with Crippen molar-refractivity contribution in [1.82, 2.24) is 4.98 Å². The number of hydrogen-bond donors (Lipinski definition) is 0. The third-order valence-electron chi connectivity index (χ3n) is 5.36. The molecule has 5 heteroatoms. The van der Waals surface area contributed by atoms with Crippen molar-refractivity contribution in [2.75, 3.05) is 0 Å². The summed E-state index contributed by atoms with van der Waals surface area (Å²) in [6.07, 6.45) is 15.0. The van der Waals surface area contributed by atoms with E-state index in [4.69, 9.17) is 9.47 Å². The van der Waals surface area contributed by atoms with Crippen molar-refractivity contribution in [3.63, 3.8) is 0 Å². The lowest BCUT2D eigenvalue weighted by atomic mass is 10.0. The smallest absolute Gasteiger partial charge is 0.222 e. The number of thiazole rings is 1. The first-order chi connectivity index (χ1) is 13.4. The van der Waals surface area contributed by atoms with Crippen LogP contribution in [-0.2, 0) is 9.47 Å². The van der Waals surface area contributed by atoms with Crippen molar-refractivity contribution >= 4 is 17.1 Å². The molecule has 0 amide bonds. The fourth-order valence-electron chi connectivity index (χ4n) is 3.87. The first kappa shape index (κ1) is 23.5. The Balaban J connectivity index is 1.58. The first-order valence-corrected chi connectivity index (χ1v) is 12.1. The summed E-state index contributed by atoms with van der Waals surface area (Å²) in [5, 5.41) is 2.35. The molecule has 0 N–H and O–H groups in total. The van der Waals surface area contributed by atoms with Crippen LogP contribution in [0.15, 0.2) is 11.6 Å².